The largest absolute Gasteiger partial charge is 0.456 e. The standard InChI is InChI=1S/C74H50O4/c75-45-47-23-35-69(67(39-47)59-27-25-49-11-1-3-15-53(49)41-59)77-71-37-31-57-43-55(63-21-9-17-51-13-5-7-19-61(51)63)29-33-65(57)73(71)74-66-34-30-56(64-22-10-18-52-14-6-8-20-62(52)64)44-58(66)32-38-72(74)78-70-36-24-48(46-76)40-68(70)60-28-26-50-12-2-4-16-54(50)42-60/h1-44,75-76H,45-46H2. The van der Waals surface area contributed by atoms with Crippen LogP contribution in [0.3, 0.4) is 0 Å². The van der Waals surface area contributed by atoms with E-state index in [0.717, 1.165) is 110 Å². The molecule has 0 spiro atoms. The Hall–Kier alpha value is -9.84. The molecule has 370 valence electrons. The van der Waals surface area contributed by atoms with Crippen molar-refractivity contribution in [3.63, 3.8) is 0 Å². The van der Waals surface area contributed by atoms with Crippen LogP contribution in [0.5, 0.6) is 23.0 Å². The number of ether oxygens (including phenoxy) is 2. The molecule has 0 aliphatic carbocycles. The minimum atomic E-state index is -0.112. The van der Waals surface area contributed by atoms with Crippen LogP contribution >= 0.6 is 0 Å². The van der Waals surface area contributed by atoms with Gasteiger partial charge in [-0.3, -0.25) is 0 Å². The number of aliphatic hydroxyl groups is 2. The molecular weight excluding hydrogens is 953 g/mol. The maximum absolute atomic E-state index is 10.5. The zero-order valence-corrected chi connectivity index (χ0v) is 42.5. The molecule has 2 N–H and O–H groups in total. The summed E-state index contributed by atoms with van der Waals surface area (Å²) in [4.78, 5) is 0. The van der Waals surface area contributed by atoms with Crippen LogP contribution < -0.4 is 9.47 Å². The molecule has 0 fully saturated rings. The van der Waals surface area contributed by atoms with Gasteiger partial charge in [-0.15, -0.1) is 0 Å². The number of aliphatic hydroxyl groups excluding tert-OH is 2. The van der Waals surface area contributed by atoms with Crippen molar-refractivity contribution in [3.8, 4) is 78.6 Å². The molecule has 0 radical (unpaired) electrons. The molecule has 14 aromatic rings. The van der Waals surface area contributed by atoms with Gasteiger partial charge in [-0.25, -0.2) is 0 Å². The van der Waals surface area contributed by atoms with Gasteiger partial charge in [-0.05, 0) is 170 Å². The first kappa shape index (κ1) is 46.7. The molecule has 4 nitrogen and oxygen atoms in total. The third kappa shape index (κ3) is 8.47. The molecule has 0 bridgehead atoms. The molecule has 4 heteroatoms. The normalized spacial score (nSPS) is 11.6. The van der Waals surface area contributed by atoms with Gasteiger partial charge in [0.15, 0.2) is 0 Å². The zero-order chi connectivity index (χ0) is 52.1. The molecule has 0 aromatic heterocycles. The van der Waals surface area contributed by atoms with Crippen LogP contribution in [0.2, 0.25) is 0 Å². The van der Waals surface area contributed by atoms with Crippen LogP contribution in [0, 0.1) is 0 Å². The van der Waals surface area contributed by atoms with Crippen molar-refractivity contribution in [1.82, 2.24) is 0 Å². The molecule has 14 aromatic carbocycles. The lowest BCUT2D eigenvalue weighted by Crippen LogP contribution is -1.98. The summed E-state index contributed by atoms with van der Waals surface area (Å²) in [7, 11) is 0. The smallest absolute Gasteiger partial charge is 0.136 e. The summed E-state index contributed by atoms with van der Waals surface area (Å²) >= 11 is 0. The van der Waals surface area contributed by atoms with E-state index in [4.69, 9.17) is 9.47 Å². The van der Waals surface area contributed by atoms with Crippen LogP contribution in [-0.2, 0) is 13.2 Å². The van der Waals surface area contributed by atoms with Crippen molar-refractivity contribution in [1.29, 1.82) is 0 Å². The van der Waals surface area contributed by atoms with Gasteiger partial charge >= 0.3 is 0 Å². The molecule has 0 amide bonds. The van der Waals surface area contributed by atoms with Gasteiger partial charge in [0, 0.05) is 22.3 Å². The van der Waals surface area contributed by atoms with E-state index in [-0.39, 0.29) is 13.2 Å². The molecule has 0 saturated carbocycles. The average molecular weight is 1000 g/mol. The fraction of sp³-hybridized carbons (Fsp3) is 0.0270. The summed E-state index contributed by atoms with van der Waals surface area (Å²) in [5.41, 5.74) is 11.5. The second-order valence-electron chi connectivity index (χ2n) is 20.1. The quantitative estimate of drug-likeness (QED) is 0.136. The van der Waals surface area contributed by atoms with Crippen molar-refractivity contribution in [2.75, 3.05) is 0 Å². The number of hydrogen-bond acceptors (Lipinski definition) is 4. The third-order valence-electron chi connectivity index (χ3n) is 15.4. The van der Waals surface area contributed by atoms with Gasteiger partial charge in [0.05, 0.1) is 13.2 Å². The highest BCUT2D eigenvalue weighted by Gasteiger charge is 2.24. The van der Waals surface area contributed by atoms with Crippen molar-refractivity contribution < 1.29 is 19.7 Å². The molecular formula is C74H50O4. The fourth-order valence-corrected chi connectivity index (χ4v) is 11.5. The first-order chi connectivity index (χ1) is 38.5. The lowest BCUT2D eigenvalue weighted by Gasteiger charge is -2.22. The predicted octanol–water partition coefficient (Wildman–Crippen LogP) is 19.5. The molecule has 0 heterocycles. The van der Waals surface area contributed by atoms with Gasteiger partial charge < -0.3 is 19.7 Å². The van der Waals surface area contributed by atoms with Crippen LogP contribution in [-0.4, -0.2) is 10.2 Å². The van der Waals surface area contributed by atoms with E-state index < -0.39 is 0 Å². The first-order valence-corrected chi connectivity index (χ1v) is 26.5. The predicted molar refractivity (Wildman–Crippen MR) is 324 cm³/mol. The van der Waals surface area contributed by atoms with Gasteiger partial charge in [0.2, 0.25) is 0 Å². The maximum Gasteiger partial charge on any atom is 0.136 e. The molecule has 14 rings (SSSR count). The molecule has 0 unspecified atom stereocenters. The Bertz CT molecular complexity index is 4360. The Kier molecular flexibility index (Phi) is 11.8. The summed E-state index contributed by atoms with van der Waals surface area (Å²) in [5.74, 6) is 2.57. The van der Waals surface area contributed by atoms with E-state index in [0.29, 0.717) is 23.0 Å². The highest BCUT2D eigenvalue weighted by molar-refractivity contribution is 6.12. The van der Waals surface area contributed by atoms with E-state index in [2.05, 4.69) is 231 Å². The van der Waals surface area contributed by atoms with Crippen molar-refractivity contribution in [2.45, 2.75) is 13.2 Å². The minimum absolute atomic E-state index is 0.112. The van der Waals surface area contributed by atoms with Crippen molar-refractivity contribution >= 4 is 64.6 Å². The molecule has 0 saturated heterocycles. The number of rotatable bonds is 11. The minimum Gasteiger partial charge on any atom is -0.456 e. The number of fused-ring (bicyclic) bond motifs is 6. The lowest BCUT2D eigenvalue weighted by atomic mass is 9.89. The van der Waals surface area contributed by atoms with Crippen molar-refractivity contribution in [2.24, 2.45) is 0 Å². The fourth-order valence-electron chi connectivity index (χ4n) is 11.5. The summed E-state index contributed by atoms with van der Waals surface area (Å²) in [5, 5.41) is 34.4. The summed E-state index contributed by atoms with van der Waals surface area (Å²) in [6, 6.07) is 93.6. The van der Waals surface area contributed by atoms with E-state index in [1.165, 1.54) is 21.5 Å². The van der Waals surface area contributed by atoms with Gasteiger partial charge in [-0.2, -0.15) is 0 Å². The zero-order valence-electron chi connectivity index (χ0n) is 42.5. The number of hydrogen-bond donors (Lipinski definition) is 2. The monoisotopic (exact) mass is 1000 g/mol. The maximum atomic E-state index is 10.5. The lowest BCUT2D eigenvalue weighted by molar-refractivity contribution is 0.281. The topological polar surface area (TPSA) is 58.9 Å². The van der Waals surface area contributed by atoms with Crippen molar-refractivity contribution in [3.05, 3.63) is 278 Å². The Morgan fingerprint density at radius 3 is 1.03 bits per heavy atom. The first-order valence-electron chi connectivity index (χ1n) is 26.5. The van der Waals surface area contributed by atoms with Crippen LogP contribution in [0.1, 0.15) is 11.1 Å². The Labute approximate surface area is 451 Å². The van der Waals surface area contributed by atoms with Gasteiger partial charge in [0.1, 0.15) is 23.0 Å². The van der Waals surface area contributed by atoms with Gasteiger partial charge in [0.25, 0.3) is 0 Å². The third-order valence-corrected chi connectivity index (χ3v) is 15.4. The highest BCUT2D eigenvalue weighted by Crippen LogP contribution is 2.51. The summed E-state index contributed by atoms with van der Waals surface area (Å²) < 4.78 is 14.9. The summed E-state index contributed by atoms with van der Waals surface area (Å²) in [6.45, 7) is -0.224. The summed E-state index contributed by atoms with van der Waals surface area (Å²) in [6.07, 6.45) is 0. The highest BCUT2D eigenvalue weighted by atomic mass is 16.5. The number of benzene rings is 14. The van der Waals surface area contributed by atoms with E-state index >= 15 is 0 Å². The molecule has 78 heavy (non-hydrogen) atoms. The van der Waals surface area contributed by atoms with E-state index in [9.17, 15) is 10.2 Å². The second kappa shape index (κ2) is 19.7. The Morgan fingerprint density at radius 1 is 0.231 bits per heavy atom. The van der Waals surface area contributed by atoms with E-state index in [1.54, 1.807) is 0 Å². The van der Waals surface area contributed by atoms with Crippen LogP contribution in [0.4, 0.5) is 0 Å². The molecule has 0 atom stereocenters. The Morgan fingerprint density at radius 2 is 0.577 bits per heavy atom. The van der Waals surface area contributed by atoms with Crippen LogP contribution in [0.25, 0.3) is 120 Å². The Balaban J connectivity index is 1.03. The van der Waals surface area contributed by atoms with E-state index in [1.807, 2.05) is 36.4 Å². The second-order valence-corrected chi connectivity index (χ2v) is 20.1. The molecule has 0 aliphatic heterocycles. The molecule has 0 aliphatic rings. The SMILES string of the molecule is OCc1ccc(Oc2ccc3cc(-c4cccc5ccccc45)ccc3c2-c2c(Oc3ccc(CO)cc3-c3ccc4ccccc4c3)ccc3cc(-c4cccc5ccccc45)ccc23)c(-c2ccc3ccccc3c2)c1. The van der Waals surface area contributed by atoms with Gasteiger partial charge in [-0.1, -0.05) is 206 Å². The average Bonchev–Trinajstić information content (AvgIpc) is 3.53. The van der Waals surface area contributed by atoms with Crippen LogP contribution in [0.15, 0.2) is 267 Å².